The molecule has 0 bridgehead atoms. The van der Waals surface area contributed by atoms with Crippen LogP contribution in [0.1, 0.15) is 6.42 Å². The van der Waals surface area contributed by atoms with Gasteiger partial charge in [-0.3, -0.25) is 4.79 Å². The molecule has 0 spiro atoms. The number of fused-ring (bicyclic) bond motifs is 1. The van der Waals surface area contributed by atoms with Gasteiger partial charge in [0.2, 0.25) is 5.91 Å². The number of amides is 1. The van der Waals surface area contributed by atoms with Gasteiger partial charge in [-0.1, -0.05) is 24.3 Å². The molecule has 2 aromatic rings. The number of phenols is 1. The van der Waals surface area contributed by atoms with Crippen molar-refractivity contribution in [2.75, 3.05) is 18.5 Å². The summed E-state index contributed by atoms with van der Waals surface area (Å²) >= 11 is 0. The zero-order valence-electron chi connectivity index (χ0n) is 10.4. The van der Waals surface area contributed by atoms with Crippen LogP contribution in [-0.2, 0) is 9.53 Å². The first kappa shape index (κ1) is 12.0. The van der Waals surface area contributed by atoms with Crippen molar-refractivity contribution in [3.05, 3.63) is 36.4 Å². The Labute approximate surface area is 111 Å². The van der Waals surface area contributed by atoms with Crippen LogP contribution in [0.5, 0.6) is 5.75 Å². The van der Waals surface area contributed by atoms with Crippen LogP contribution in [-0.4, -0.2) is 24.2 Å². The van der Waals surface area contributed by atoms with Crippen LogP contribution in [0.15, 0.2) is 36.4 Å². The molecule has 0 unspecified atom stereocenters. The van der Waals surface area contributed by atoms with E-state index in [0.29, 0.717) is 25.6 Å². The summed E-state index contributed by atoms with van der Waals surface area (Å²) in [5, 5.41) is 14.3. The number of carbonyl (C=O) groups is 1. The quantitative estimate of drug-likeness (QED) is 0.888. The summed E-state index contributed by atoms with van der Waals surface area (Å²) < 4.78 is 5.06. The van der Waals surface area contributed by atoms with Gasteiger partial charge in [0.15, 0.2) is 0 Å². The predicted molar refractivity (Wildman–Crippen MR) is 73.2 cm³/mol. The second-order valence-corrected chi connectivity index (χ2v) is 4.83. The summed E-state index contributed by atoms with van der Waals surface area (Å²) in [6.45, 7) is 1.34. The van der Waals surface area contributed by atoms with Crippen molar-refractivity contribution >= 4 is 22.4 Å². The van der Waals surface area contributed by atoms with Gasteiger partial charge in [-0.2, -0.15) is 0 Å². The zero-order chi connectivity index (χ0) is 13.2. The van der Waals surface area contributed by atoms with E-state index < -0.39 is 0 Å². The van der Waals surface area contributed by atoms with E-state index >= 15 is 0 Å². The van der Waals surface area contributed by atoms with Crippen molar-refractivity contribution in [2.24, 2.45) is 5.92 Å². The molecule has 0 radical (unpaired) electrons. The van der Waals surface area contributed by atoms with Crippen LogP contribution < -0.4 is 5.32 Å². The van der Waals surface area contributed by atoms with E-state index in [1.54, 1.807) is 12.1 Å². The minimum Gasteiger partial charge on any atom is -0.507 e. The van der Waals surface area contributed by atoms with Gasteiger partial charge < -0.3 is 15.2 Å². The fourth-order valence-corrected chi connectivity index (χ4v) is 2.27. The number of hydrogen-bond donors (Lipinski definition) is 2. The van der Waals surface area contributed by atoms with E-state index in [4.69, 9.17) is 4.74 Å². The number of phenolic OH excluding ortho intramolecular Hbond substituents is 1. The van der Waals surface area contributed by atoms with Crippen LogP contribution in [0.2, 0.25) is 0 Å². The number of anilines is 1. The summed E-state index contributed by atoms with van der Waals surface area (Å²) in [7, 11) is 0. The smallest absolute Gasteiger partial charge is 0.224 e. The maximum Gasteiger partial charge on any atom is 0.224 e. The van der Waals surface area contributed by atoms with Crippen LogP contribution in [0.3, 0.4) is 0 Å². The van der Waals surface area contributed by atoms with E-state index in [2.05, 4.69) is 5.32 Å². The fourth-order valence-electron chi connectivity index (χ4n) is 2.27. The molecule has 0 saturated carbocycles. The molecule has 1 heterocycles. The minimum atomic E-state index is -0.0101. The van der Waals surface area contributed by atoms with Gasteiger partial charge in [0.05, 0.1) is 13.2 Å². The Kier molecular flexibility index (Phi) is 3.09. The second-order valence-electron chi connectivity index (χ2n) is 4.83. The van der Waals surface area contributed by atoms with Crippen molar-refractivity contribution in [2.45, 2.75) is 6.42 Å². The molecule has 0 aliphatic carbocycles. The van der Waals surface area contributed by atoms with Crippen LogP contribution in [0, 0.1) is 5.92 Å². The van der Waals surface area contributed by atoms with Gasteiger partial charge in [-0.25, -0.2) is 0 Å². The highest BCUT2D eigenvalue weighted by Gasteiger charge is 2.21. The first-order valence-electron chi connectivity index (χ1n) is 6.32. The molecule has 1 aliphatic heterocycles. The molecule has 2 aromatic carbocycles. The van der Waals surface area contributed by atoms with E-state index in [9.17, 15) is 9.90 Å². The summed E-state index contributed by atoms with van der Waals surface area (Å²) in [5.74, 6) is 0.550. The fraction of sp³-hybridized carbons (Fsp3) is 0.267. The van der Waals surface area contributed by atoms with Crippen molar-refractivity contribution < 1.29 is 14.6 Å². The molecule has 3 rings (SSSR count). The largest absolute Gasteiger partial charge is 0.507 e. The molecule has 1 aliphatic rings. The van der Waals surface area contributed by atoms with Crippen LogP contribution in [0.25, 0.3) is 10.8 Å². The van der Waals surface area contributed by atoms with Gasteiger partial charge >= 0.3 is 0 Å². The molecular weight excluding hydrogens is 242 g/mol. The van der Waals surface area contributed by atoms with Gasteiger partial charge in [0, 0.05) is 28.8 Å². The molecule has 0 aromatic heterocycles. The van der Waals surface area contributed by atoms with Gasteiger partial charge in [0.1, 0.15) is 5.75 Å². The Balaban J connectivity index is 1.84. The highest BCUT2D eigenvalue weighted by atomic mass is 16.5. The highest BCUT2D eigenvalue weighted by Crippen LogP contribution is 2.30. The topological polar surface area (TPSA) is 58.6 Å². The molecule has 98 valence electrons. The first-order chi connectivity index (χ1) is 9.24. The predicted octanol–water partition coefficient (Wildman–Crippen LogP) is 2.52. The monoisotopic (exact) mass is 257 g/mol. The van der Waals surface area contributed by atoms with Crippen molar-refractivity contribution in [3.8, 4) is 5.75 Å². The Morgan fingerprint density at radius 3 is 2.68 bits per heavy atom. The Hall–Kier alpha value is -2.07. The second kappa shape index (κ2) is 4.90. The third-order valence-corrected chi connectivity index (χ3v) is 3.35. The van der Waals surface area contributed by atoms with Gasteiger partial charge in [-0.15, -0.1) is 0 Å². The molecule has 1 saturated heterocycles. The zero-order valence-corrected chi connectivity index (χ0v) is 10.4. The Morgan fingerprint density at radius 2 is 1.95 bits per heavy atom. The van der Waals surface area contributed by atoms with E-state index in [1.165, 1.54) is 0 Å². The lowest BCUT2D eigenvalue weighted by Gasteiger charge is -2.25. The number of carbonyl (C=O) groups excluding carboxylic acids is 1. The van der Waals surface area contributed by atoms with Gasteiger partial charge in [-0.05, 0) is 12.1 Å². The number of hydrogen-bond acceptors (Lipinski definition) is 3. The number of nitrogens with one attached hydrogen (secondary N) is 1. The number of aromatic hydroxyl groups is 1. The Morgan fingerprint density at radius 1 is 1.21 bits per heavy atom. The summed E-state index contributed by atoms with van der Waals surface area (Å²) in [5.41, 5.74) is 0.735. The van der Waals surface area contributed by atoms with E-state index in [-0.39, 0.29) is 11.7 Å². The minimum absolute atomic E-state index is 0.0101. The maximum absolute atomic E-state index is 11.9. The number of rotatable bonds is 3. The average Bonchev–Trinajstić information content (AvgIpc) is 2.35. The molecule has 4 nitrogen and oxygen atoms in total. The number of benzene rings is 2. The lowest BCUT2D eigenvalue weighted by Crippen LogP contribution is -2.31. The molecular formula is C15H15NO3. The molecule has 4 heteroatoms. The highest BCUT2D eigenvalue weighted by molar-refractivity contribution is 6.03. The summed E-state index contributed by atoms with van der Waals surface area (Å²) in [4.78, 5) is 11.9. The normalized spacial score (nSPS) is 15.2. The standard InChI is InChI=1S/C15H15NO3/c17-14-6-2-3-11-12(14)4-1-5-13(11)16-15(18)7-10-8-19-9-10/h1-6,10,17H,7-9H2,(H,16,18). The summed E-state index contributed by atoms with van der Waals surface area (Å²) in [6.07, 6.45) is 0.481. The molecule has 1 fully saturated rings. The SMILES string of the molecule is O=C(CC1COC1)Nc1cccc2c(O)cccc12. The van der Waals surface area contributed by atoms with E-state index in [0.717, 1.165) is 16.5 Å². The molecule has 0 atom stereocenters. The van der Waals surface area contributed by atoms with Gasteiger partial charge in [0.25, 0.3) is 0 Å². The lowest BCUT2D eigenvalue weighted by molar-refractivity contribution is -0.121. The third kappa shape index (κ3) is 2.39. The Bertz CT molecular complexity index is 620. The maximum atomic E-state index is 11.9. The summed E-state index contributed by atoms with van der Waals surface area (Å²) in [6, 6.07) is 10.8. The number of ether oxygens (including phenoxy) is 1. The third-order valence-electron chi connectivity index (χ3n) is 3.35. The molecule has 1 amide bonds. The molecule has 19 heavy (non-hydrogen) atoms. The first-order valence-corrected chi connectivity index (χ1v) is 6.32. The average molecular weight is 257 g/mol. The van der Waals surface area contributed by atoms with E-state index in [1.807, 2.05) is 24.3 Å². The van der Waals surface area contributed by atoms with Crippen molar-refractivity contribution in [3.63, 3.8) is 0 Å². The lowest BCUT2D eigenvalue weighted by atomic mass is 10.0. The van der Waals surface area contributed by atoms with Crippen LogP contribution >= 0.6 is 0 Å². The van der Waals surface area contributed by atoms with Crippen LogP contribution in [0.4, 0.5) is 5.69 Å². The van der Waals surface area contributed by atoms with Crippen molar-refractivity contribution in [1.29, 1.82) is 0 Å². The molecule has 2 N–H and O–H groups in total. The van der Waals surface area contributed by atoms with Crippen molar-refractivity contribution in [1.82, 2.24) is 0 Å².